The molecule has 2 aromatic carbocycles. The van der Waals surface area contributed by atoms with Crippen LogP contribution in [0.1, 0.15) is 60.4 Å². The molecule has 0 unspecified atom stereocenters. The van der Waals surface area contributed by atoms with Crippen molar-refractivity contribution < 1.29 is 9.18 Å². The van der Waals surface area contributed by atoms with Crippen molar-refractivity contribution in [3.05, 3.63) is 70.4 Å². The Morgan fingerprint density at radius 2 is 1.88 bits per heavy atom. The molecule has 1 aromatic heterocycles. The van der Waals surface area contributed by atoms with E-state index in [1.807, 2.05) is 29.6 Å². The number of piperidine rings is 1. The highest BCUT2D eigenvalue weighted by molar-refractivity contribution is 7.10. The number of nitrogens with zero attached hydrogens (tertiary/aromatic N) is 2. The maximum Gasteiger partial charge on any atom is 0.275 e. The molecule has 0 bridgehead atoms. The fourth-order valence-corrected chi connectivity index (χ4v) is 5.20. The summed E-state index contributed by atoms with van der Waals surface area (Å²) in [4.78, 5) is 20.1. The van der Waals surface area contributed by atoms with Gasteiger partial charge in [-0.15, -0.1) is 11.3 Å². The molecule has 2 heterocycles. The Morgan fingerprint density at radius 3 is 2.62 bits per heavy atom. The zero-order valence-electron chi connectivity index (χ0n) is 18.5. The van der Waals surface area contributed by atoms with Gasteiger partial charge in [-0.05, 0) is 62.7 Å². The molecule has 0 atom stereocenters. The van der Waals surface area contributed by atoms with Crippen molar-refractivity contribution in [2.75, 3.05) is 25.0 Å². The summed E-state index contributed by atoms with van der Waals surface area (Å²) in [6.07, 6.45) is 6.05. The van der Waals surface area contributed by atoms with Gasteiger partial charge in [0.05, 0.1) is 5.01 Å². The molecule has 0 aliphatic carbocycles. The largest absolute Gasteiger partial charge is 0.320 e. The molecular weight excluding hydrogens is 421 g/mol. The van der Waals surface area contributed by atoms with E-state index in [0.717, 1.165) is 42.1 Å². The van der Waals surface area contributed by atoms with Crippen LogP contribution in [0.2, 0.25) is 0 Å². The van der Waals surface area contributed by atoms with Crippen LogP contribution in [-0.4, -0.2) is 35.4 Å². The fourth-order valence-electron chi connectivity index (χ4n) is 4.23. The number of hydrogen-bond donors (Lipinski definition) is 1. The molecule has 4 rings (SSSR count). The Morgan fingerprint density at radius 1 is 1.12 bits per heavy atom. The zero-order chi connectivity index (χ0) is 22.3. The predicted molar refractivity (Wildman–Crippen MR) is 130 cm³/mol. The van der Waals surface area contributed by atoms with Crippen molar-refractivity contribution in [1.29, 1.82) is 0 Å². The van der Waals surface area contributed by atoms with Crippen molar-refractivity contribution in [1.82, 2.24) is 9.88 Å². The van der Waals surface area contributed by atoms with E-state index in [0.29, 0.717) is 17.3 Å². The lowest BCUT2D eigenvalue weighted by molar-refractivity contribution is 0.102. The smallest absolute Gasteiger partial charge is 0.275 e. The van der Waals surface area contributed by atoms with Crippen LogP contribution in [0.3, 0.4) is 0 Å². The minimum Gasteiger partial charge on any atom is -0.320 e. The highest BCUT2D eigenvalue weighted by Crippen LogP contribution is 2.32. The average molecular weight is 452 g/mol. The minimum absolute atomic E-state index is 0.209. The van der Waals surface area contributed by atoms with Gasteiger partial charge >= 0.3 is 0 Å². The van der Waals surface area contributed by atoms with Gasteiger partial charge in [-0.2, -0.15) is 0 Å². The molecule has 6 heteroatoms. The van der Waals surface area contributed by atoms with E-state index in [-0.39, 0.29) is 11.7 Å². The minimum atomic E-state index is -0.280. The SMILES string of the molecule is CCCCCN1CCC(c2nc(C(=O)Nc3ccccc3-c3ccc(F)cc3)cs2)CC1. The molecular formula is C26H30FN3OS. The fraction of sp³-hybridized carbons (Fsp3) is 0.385. The van der Waals surface area contributed by atoms with Crippen LogP contribution < -0.4 is 5.32 Å². The van der Waals surface area contributed by atoms with Crippen molar-refractivity contribution in [3.63, 3.8) is 0 Å². The average Bonchev–Trinajstić information content (AvgIpc) is 3.31. The number of hydrogen-bond acceptors (Lipinski definition) is 4. The zero-order valence-corrected chi connectivity index (χ0v) is 19.3. The van der Waals surface area contributed by atoms with E-state index in [1.165, 1.54) is 37.9 Å². The van der Waals surface area contributed by atoms with Gasteiger partial charge in [-0.3, -0.25) is 4.79 Å². The highest BCUT2D eigenvalue weighted by atomic mass is 32.1. The van der Waals surface area contributed by atoms with Gasteiger partial charge in [0.2, 0.25) is 0 Å². The van der Waals surface area contributed by atoms with Crippen molar-refractivity contribution in [2.45, 2.75) is 44.9 Å². The van der Waals surface area contributed by atoms with Crippen LogP contribution in [0.25, 0.3) is 11.1 Å². The van der Waals surface area contributed by atoms with Gasteiger partial charge in [0.25, 0.3) is 5.91 Å². The third-order valence-electron chi connectivity index (χ3n) is 6.10. The summed E-state index contributed by atoms with van der Waals surface area (Å²) in [5.41, 5.74) is 2.86. The first kappa shape index (κ1) is 22.6. The number of halogens is 1. The van der Waals surface area contributed by atoms with Crippen LogP contribution in [0.15, 0.2) is 53.9 Å². The van der Waals surface area contributed by atoms with Gasteiger partial charge < -0.3 is 10.2 Å². The summed E-state index contributed by atoms with van der Waals surface area (Å²) in [7, 11) is 0. The van der Waals surface area contributed by atoms with Crippen LogP contribution in [0, 0.1) is 5.82 Å². The molecule has 1 fully saturated rings. The molecule has 0 radical (unpaired) electrons. The monoisotopic (exact) mass is 451 g/mol. The number of thiazole rings is 1. The van der Waals surface area contributed by atoms with Crippen molar-refractivity contribution in [3.8, 4) is 11.1 Å². The van der Waals surface area contributed by atoms with Crippen molar-refractivity contribution in [2.24, 2.45) is 0 Å². The lowest BCUT2D eigenvalue weighted by atomic mass is 9.97. The Hall–Kier alpha value is -2.57. The van der Waals surface area contributed by atoms with E-state index >= 15 is 0 Å². The number of carbonyl (C=O) groups excluding carboxylic acids is 1. The van der Waals surface area contributed by atoms with Crippen molar-refractivity contribution >= 4 is 22.9 Å². The van der Waals surface area contributed by atoms with Gasteiger partial charge in [-0.1, -0.05) is 50.1 Å². The molecule has 0 spiro atoms. The molecule has 1 saturated heterocycles. The first-order chi connectivity index (χ1) is 15.6. The topological polar surface area (TPSA) is 45.2 Å². The summed E-state index contributed by atoms with van der Waals surface area (Å²) in [6.45, 7) is 5.66. The summed E-state index contributed by atoms with van der Waals surface area (Å²) < 4.78 is 13.3. The van der Waals surface area contributed by atoms with E-state index in [2.05, 4.69) is 22.1 Å². The Balaban J connectivity index is 1.39. The van der Waals surface area contributed by atoms with Crippen LogP contribution in [0.4, 0.5) is 10.1 Å². The number of likely N-dealkylation sites (tertiary alicyclic amines) is 1. The molecule has 1 aliphatic rings. The number of anilines is 1. The summed E-state index contributed by atoms with van der Waals surface area (Å²) in [5.74, 6) is -0.0494. The van der Waals surface area contributed by atoms with E-state index in [4.69, 9.17) is 0 Å². The number of unbranched alkanes of at least 4 members (excludes halogenated alkanes) is 2. The van der Waals surface area contributed by atoms with Crippen LogP contribution in [0.5, 0.6) is 0 Å². The first-order valence-electron chi connectivity index (χ1n) is 11.5. The second-order valence-corrected chi connectivity index (χ2v) is 9.29. The highest BCUT2D eigenvalue weighted by Gasteiger charge is 2.24. The summed E-state index contributed by atoms with van der Waals surface area (Å²) in [6, 6.07) is 13.9. The second-order valence-electron chi connectivity index (χ2n) is 8.40. The van der Waals surface area contributed by atoms with Crippen LogP contribution in [-0.2, 0) is 0 Å². The maximum absolute atomic E-state index is 13.3. The molecule has 32 heavy (non-hydrogen) atoms. The Bertz CT molecular complexity index is 1030. The molecule has 4 nitrogen and oxygen atoms in total. The number of amides is 1. The van der Waals surface area contributed by atoms with E-state index in [1.54, 1.807) is 23.5 Å². The van der Waals surface area contributed by atoms with E-state index in [9.17, 15) is 9.18 Å². The van der Waals surface area contributed by atoms with E-state index < -0.39 is 0 Å². The predicted octanol–water partition coefficient (Wildman–Crippen LogP) is 6.57. The third-order valence-corrected chi connectivity index (χ3v) is 7.11. The molecule has 1 N–H and O–H groups in total. The quantitative estimate of drug-likeness (QED) is 0.394. The first-order valence-corrected chi connectivity index (χ1v) is 12.4. The standard InChI is InChI=1S/C26H30FN3OS/c1-2-3-6-15-30-16-13-20(14-17-30)26-29-24(18-32-26)25(31)28-23-8-5-4-7-22(23)19-9-11-21(27)12-10-19/h4-5,7-12,18,20H,2-3,6,13-17H2,1H3,(H,28,31). The lowest BCUT2D eigenvalue weighted by Crippen LogP contribution is -2.33. The lowest BCUT2D eigenvalue weighted by Gasteiger charge is -2.30. The molecule has 0 saturated carbocycles. The van der Waals surface area contributed by atoms with Gasteiger partial charge in [-0.25, -0.2) is 9.37 Å². The second kappa shape index (κ2) is 10.8. The van der Waals surface area contributed by atoms with Gasteiger partial charge in [0.1, 0.15) is 11.5 Å². The molecule has 3 aromatic rings. The van der Waals surface area contributed by atoms with Crippen LogP contribution >= 0.6 is 11.3 Å². The normalized spacial score (nSPS) is 15.1. The summed E-state index contributed by atoms with van der Waals surface area (Å²) >= 11 is 1.59. The maximum atomic E-state index is 13.3. The molecule has 168 valence electrons. The number of aromatic nitrogens is 1. The third kappa shape index (κ3) is 5.61. The number of nitrogens with one attached hydrogen (secondary N) is 1. The molecule has 1 aliphatic heterocycles. The van der Waals surface area contributed by atoms with Gasteiger partial charge in [0.15, 0.2) is 0 Å². The number of rotatable bonds is 8. The Kier molecular flexibility index (Phi) is 7.66. The number of carbonyl (C=O) groups is 1. The number of benzene rings is 2. The molecule has 1 amide bonds. The van der Waals surface area contributed by atoms with Gasteiger partial charge in [0, 0.05) is 22.5 Å². The number of para-hydroxylation sites is 1. The Labute approximate surface area is 193 Å². The summed E-state index contributed by atoms with van der Waals surface area (Å²) in [5, 5.41) is 5.92.